The number of hydrogen-bond acceptors (Lipinski definition) is 0. The maximum Gasteiger partial charge on any atom is 0.0165 e. The molecule has 0 unspecified atom stereocenters. The van der Waals surface area contributed by atoms with E-state index in [2.05, 4.69) is 137 Å². The van der Waals surface area contributed by atoms with Crippen molar-refractivity contribution in [3.8, 4) is 22.3 Å². The maximum absolute atomic E-state index is 2.49. The van der Waals surface area contributed by atoms with E-state index in [1.807, 2.05) is 0 Å². The van der Waals surface area contributed by atoms with E-state index >= 15 is 0 Å². The fraction of sp³-hybridized carbons (Fsp3) is 0.150. The Morgan fingerprint density at radius 1 is 0.400 bits per heavy atom. The Hall–Kier alpha value is -4.42. The van der Waals surface area contributed by atoms with Crippen LogP contribution in [0.1, 0.15) is 49.9 Å². The van der Waals surface area contributed by atoms with Gasteiger partial charge in [-0.05, 0) is 93.7 Å². The molecular weight excluding hydrogens is 480 g/mol. The lowest BCUT2D eigenvalue weighted by molar-refractivity contribution is 0.624. The molecule has 0 heterocycles. The summed E-state index contributed by atoms with van der Waals surface area (Å²) in [5, 5.41) is 10.9. The molecule has 0 atom stereocenters. The van der Waals surface area contributed by atoms with E-state index in [0.29, 0.717) is 0 Å². The Bertz CT molecular complexity index is 2230. The zero-order valence-corrected chi connectivity index (χ0v) is 23.4. The summed E-state index contributed by atoms with van der Waals surface area (Å²) in [5.41, 5.74) is 11.2. The highest BCUT2D eigenvalue weighted by atomic mass is 14.5. The smallest absolute Gasteiger partial charge is 0.0165 e. The van der Waals surface area contributed by atoms with Gasteiger partial charge in [-0.25, -0.2) is 0 Å². The molecule has 2 aliphatic carbocycles. The van der Waals surface area contributed by atoms with Gasteiger partial charge in [-0.3, -0.25) is 0 Å². The third kappa shape index (κ3) is 2.49. The summed E-state index contributed by atoms with van der Waals surface area (Å²) in [6.45, 7) is 9.76. The van der Waals surface area contributed by atoms with Crippen LogP contribution >= 0.6 is 0 Å². The van der Waals surface area contributed by atoms with Crippen LogP contribution in [0.3, 0.4) is 0 Å². The van der Waals surface area contributed by atoms with Gasteiger partial charge in [0.05, 0.1) is 0 Å². The molecule has 0 nitrogen and oxygen atoms in total. The number of benzene rings is 7. The molecule has 0 heteroatoms. The Morgan fingerprint density at radius 3 is 1.68 bits per heavy atom. The van der Waals surface area contributed by atoms with E-state index in [1.165, 1.54) is 87.6 Å². The van der Waals surface area contributed by atoms with E-state index in [9.17, 15) is 0 Å². The second kappa shape index (κ2) is 7.20. The lowest BCUT2D eigenvalue weighted by atomic mass is 9.58. The van der Waals surface area contributed by atoms with Crippen molar-refractivity contribution in [2.45, 2.75) is 38.5 Å². The maximum atomic E-state index is 2.49. The van der Waals surface area contributed by atoms with Gasteiger partial charge < -0.3 is 0 Å². The summed E-state index contributed by atoms with van der Waals surface area (Å²) in [5.74, 6) is 0. The SMILES string of the molecule is CC1(C)c2cc3ccccc3c3c2-c2c4c1cccc4c(-c1cccc4ccccc14)c1cccc(c21)C3(C)C. The largest absolute Gasteiger partial charge is 0.0616 e. The van der Waals surface area contributed by atoms with Gasteiger partial charge in [0.15, 0.2) is 0 Å². The molecule has 0 aromatic heterocycles. The van der Waals surface area contributed by atoms with E-state index < -0.39 is 0 Å². The van der Waals surface area contributed by atoms with Gasteiger partial charge in [-0.2, -0.15) is 0 Å². The summed E-state index contributed by atoms with van der Waals surface area (Å²) in [6.07, 6.45) is 0. The predicted octanol–water partition coefficient (Wildman–Crippen LogP) is 10.9. The predicted molar refractivity (Wildman–Crippen MR) is 172 cm³/mol. The molecule has 0 fully saturated rings. The molecule has 9 rings (SSSR count). The van der Waals surface area contributed by atoms with Crippen molar-refractivity contribution in [3.63, 3.8) is 0 Å². The summed E-state index contributed by atoms with van der Waals surface area (Å²) in [7, 11) is 0. The van der Waals surface area contributed by atoms with Crippen molar-refractivity contribution in [2.75, 3.05) is 0 Å². The third-order valence-electron chi connectivity index (χ3n) is 10.2. The van der Waals surface area contributed by atoms with Gasteiger partial charge in [0, 0.05) is 10.8 Å². The Labute approximate surface area is 234 Å². The first-order valence-corrected chi connectivity index (χ1v) is 14.5. The van der Waals surface area contributed by atoms with Gasteiger partial charge in [0.1, 0.15) is 0 Å². The van der Waals surface area contributed by atoms with Crippen LogP contribution in [0.5, 0.6) is 0 Å². The van der Waals surface area contributed by atoms with Gasteiger partial charge in [0.2, 0.25) is 0 Å². The molecule has 0 bridgehead atoms. The Balaban J connectivity index is 1.61. The molecular formula is C40H30. The normalized spacial score (nSPS) is 15.9. The highest BCUT2D eigenvalue weighted by Crippen LogP contribution is 2.61. The van der Waals surface area contributed by atoms with Gasteiger partial charge in [-0.1, -0.05) is 131 Å². The fourth-order valence-corrected chi connectivity index (χ4v) is 8.38. The van der Waals surface area contributed by atoms with Crippen molar-refractivity contribution in [3.05, 3.63) is 131 Å². The van der Waals surface area contributed by atoms with Crippen LogP contribution in [-0.4, -0.2) is 0 Å². The molecule has 0 saturated carbocycles. The average Bonchev–Trinajstić information content (AvgIpc) is 2.97. The molecule has 0 aliphatic heterocycles. The van der Waals surface area contributed by atoms with Crippen molar-refractivity contribution in [2.24, 2.45) is 0 Å². The van der Waals surface area contributed by atoms with Crippen LogP contribution in [-0.2, 0) is 10.8 Å². The van der Waals surface area contributed by atoms with Gasteiger partial charge >= 0.3 is 0 Å². The number of rotatable bonds is 1. The minimum Gasteiger partial charge on any atom is -0.0616 e. The van der Waals surface area contributed by atoms with E-state index in [1.54, 1.807) is 0 Å². The van der Waals surface area contributed by atoms with Gasteiger partial charge in [0.25, 0.3) is 0 Å². The molecule has 0 N–H and O–H groups in total. The van der Waals surface area contributed by atoms with Crippen molar-refractivity contribution in [1.82, 2.24) is 0 Å². The summed E-state index contributed by atoms with van der Waals surface area (Å²) >= 11 is 0. The van der Waals surface area contributed by atoms with Crippen LogP contribution in [0.2, 0.25) is 0 Å². The van der Waals surface area contributed by atoms with Crippen LogP contribution in [0.25, 0.3) is 65.3 Å². The average molecular weight is 511 g/mol. The number of fused-ring (bicyclic) bond motifs is 3. The first-order chi connectivity index (χ1) is 19.4. The minimum absolute atomic E-state index is 0.118. The third-order valence-corrected chi connectivity index (χ3v) is 10.2. The van der Waals surface area contributed by atoms with E-state index in [-0.39, 0.29) is 10.8 Å². The quantitative estimate of drug-likeness (QED) is 0.193. The Morgan fingerprint density at radius 2 is 0.950 bits per heavy atom. The van der Waals surface area contributed by atoms with Crippen molar-refractivity contribution < 1.29 is 0 Å². The van der Waals surface area contributed by atoms with Crippen molar-refractivity contribution >= 4 is 43.1 Å². The van der Waals surface area contributed by atoms with E-state index in [4.69, 9.17) is 0 Å². The van der Waals surface area contributed by atoms with Crippen LogP contribution in [0, 0.1) is 0 Å². The molecule has 0 saturated heterocycles. The van der Waals surface area contributed by atoms with E-state index in [0.717, 1.165) is 0 Å². The van der Waals surface area contributed by atoms with Gasteiger partial charge in [-0.15, -0.1) is 0 Å². The second-order valence-electron chi connectivity index (χ2n) is 12.9. The zero-order chi connectivity index (χ0) is 27.0. The molecule has 190 valence electrons. The highest BCUT2D eigenvalue weighted by molar-refractivity contribution is 6.28. The topological polar surface area (TPSA) is 0 Å². The van der Waals surface area contributed by atoms with Crippen LogP contribution in [0.15, 0.2) is 109 Å². The summed E-state index contributed by atoms with van der Waals surface area (Å²) in [6, 6.07) is 41.3. The van der Waals surface area contributed by atoms with Crippen LogP contribution in [0.4, 0.5) is 0 Å². The summed E-state index contributed by atoms with van der Waals surface area (Å²) in [4.78, 5) is 0. The molecule has 2 aliphatic rings. The first-order valence-electron chi connectivity index (χ1n) is 14.5. The van der Waals surface area contributed by atoms with Crippen LogP contribution < -0.4 is 0 Å². The molecule has 0 spiro atoms. The van der Waals surface area contributed by atoms with Crippen molar-refractivity contribution in [1.29, 1.82) is 0 Å². The standard InChI is InChI=1S/C40H30/c1-39(2)30-20-10-18-28-33(27-17-9-14-23-12-5-7-15-25(23)27)29-19-11-21-31-35(29)37(34(28)30)36-32(39)22-24-13-6-8-16-26(24)38(36)40(31,3)4/h5-22H,1-4H3. The first kappa shape index (κ1) is 22.4. The molecule has 0 radical (unpaired) electrons. The zero-order valence-electron chi connectivity index (χ0n) is 23.4. The highest BCUT2D eigenvalue weighted by Gasteiger charge is 2.44. The monoisotopic (exact) mass is 510 g/mol. The molecule has 7 aromatic carbocycles. The fourth-order valence-electron chi connectivity index (χ4n) is 8.38. The number of hydrogen-bond donors (Lipinski definition) is 0. The summed E-state index contributed by atoms with van der Waals surface area (Å²) < 4.78 is 0. The molecule has 40 heavy (non-hydrogen) atoms. The molecule has 0 amide bonds. The lowest BCUT2D eigenvalue weighted by Crippen LogP contribution is -2.31. The Kier molecular flexibility index (Phi) is 4.03. The lowest BCUT2D eigenvalue weighted by Gasteiger charge is -2.44. The molecule has 7 aromatic rings. The minimum atomic E-state index is -0.135. The second-order valence-corrected chi connectivity index (χ2v) is 12.9.